The third-order valence-corrected chi connectivity index (χ3v) is 4.24. The first-order valence-corrected chi connectivity index (χ1v) is 6.17. The van der Waals surface area contributed by atoms with Crippen molar-refractivity contribution in [2.24, 2.45) is 5.92 Å². The highest BCUT2D eigenvalue weighted by atomic mass is 35.5. The SMILES string of the molecule is Cl.N#CCC(=O)C1NC[C@@]2(c3cc(F)ccc3F)C[C@@H]12. The Labute approximate surface area is 121 Å². The predicted molar refractivity (Wildman–Crippen MR) is 70.4 cm³/mol. The van der Waals surface area contributed by atoms with E-state index in [2.05, 4.69) is 5.32 Å². The molecule has 106 valence electrons. The van der Waals surface area contributed by atoms with E-state index in [-0.39, 0.29) is 30.5 Å². The Hall–Kier alpha value is -1.51. The Morgan fingerprint density at radius 3 is 2.90 bits per heavy atom. The summed E-state index contributed by atoms with van der Waals surface area (Å²) in [6.45, 7) is 0.458. The minimum atomic E-state index is -0.470. The quantitative estimate of drug-likeness (QED) is 0.930. The van der Waals surface area contributed by atoms with E-state index in [1.54, 1.807) is 0 Å². The molecule has 1 saturated heterocycles. The number of fused-ring (bicyclic) bond motifs is 1. The molecule has 0 spiro atoms. The third-order valence-electron chi connectivity index (χ3n) is 4.24. The maximum atomic E-state index is 13.8. The van der Waals surface area contributed by atoms with E-state index < -0.39 is 23.1 Å². The Morgan fingerprint density at radius 2 is 2.25 bits per heavy atom. The normalized spacial score (nSPS) is 30.1. The molecule has 1 aromatic rings. The largest absolute Gasteiger partial charge is 0.306 e. The number of nitriles is 1. The Morgan fingerprint density at radius 1 is 1.50 bits per heavy atom. The van der Waals surface area contributed by atoms with Crippen molar-refractivity contribution in [3.05, 3.63) is 35.4 Å². The van der Waals surface area contributed by atoms with Crippen LogP contribution in [-0.4, -0.2) is 18.4 Å². The van der Waals surface area contributed by atoms with Crippen molar-refractivity contribution in [1.29, 1.82) is 5.26 Å². The highest BCUT2D eigenvalue weighted by Gasteiger charge is 2.64. The van der Waals surface area contributed by atoms with Gasteiger partial charge in [-0.1, -0.05) is 0 Å². The average Bonchev–Trinajstić information content (AvgIpc) is 2.99. The summed E-state index contributed by atoms with van der Waals surface area (Å²) in [6, 6.07) is 4.86. The number of Topliss-reactive ketones (excluding diaryl/α,β-unsaturated/α-hetero) is 1. The van der Waals surface area contributed by atoms with Crippen LogP contribution in [0.25, 0.3) is 0 Å². The fraction of sp³-hybridized carbons (Fsp3) is 0.429. The van der Waals surface area contributed by atoms with Crippen molar-refractivity contribution in [3.63, 3.8) is 0 Å². The molecule has 3 nitrogen and oxygen atoms in total. The maximum Gasteiger partial charge on any atom is 0.164 e. The molecule has 0 aromatic heterocycles. The number of carbonyl (C=O) groups is 1. The zero-order valence-electron chi connectivity index (χ0n) is 10.5. The van der Waals surface area contributed by atoms with E-state index in [0.29, 0.717) is 18.5 Å². The molecule has 0 radical (unpaired) electrons. The fourth-order valence-corrected chi connectivity index (χ4v) is 3.22. The fourth-order valence-electron chi connectivity index (χ4n) is 3.22. The van der Waals surface area contributed by atoms with Crippen molar-refractivity contribution in [1.82, 2.24) is 5.32 Å². The van der Waals surface area contributed by atoms with Crippen molar-refractivity contribution in [2.45, 2.75) is 24.3 Å². The van der Waals surface area contributed by atoms with Gasteiger partial charge in [-0.2, -0.15) is 5.26 Å². The van der Waals surface area contributed by atoms with Crippen LogP contribution < -0.4 is 5.32 Å². The number of hydrogen-bond donors (Lipinski definition) is 1. The molecule has 2 aliphatic rings. The molecule has 1 aliphatic heterocycles. The molecule has 1 heterocycles. The van der Waals surface area contributed by atoms with Gasteiger partial charge in [0.1, 0.15) is 11.6 Å². The summed E-state index contributed by atoms with van der Waals surface area (Å²) < 4.78 is 27.1. The number of ketones is 1. The molecule has 1 unspecified atom stereocenters. The van der Waals surface area contributed by atoms with E-state index >= 15 is 0 Å². The van der Waals surface area contributed by atoms with Crippen molar-refractivity contribution in [2.75, 3.05) is 6.54 Å². The van der Waals surface area contributed by atoms with Crippen LogP contribution in [0.4, 0.5) is 8.78 Å². The second kappa shape index (κ2) is 5.12. The van der Waals surface area contributed by atoms with Crippen LogP contribution in [0.3, 0.4) is 0 Å². The molecule has 2 fully saturated rings. The Balaban J connectivity index is 0.00000147. The molecular weight excluding hydrogens is 286 g/mol. The van der Waals surface area contributed by atoms with Gasteiger partial charge < -0.3 is 5.32 Å². The second-order valence-electron chi connectivity index (χ2n) is 5.25. The van der Waals surface area contributed by atoms with Crippen LogP contribution in [0.5, 0.6) is 0 Å². The van der Waals surface area contributed by atoms with Crippen LogP contribution in [-0.2, 0) is 10.2 Å². The summed E-state index contributed by atoms with van der Waals surface area (Å²) in [5.74, 6) is -1.09. The Kier molecular flexibility index (Phi) is 3.81. The zero-order valence-corrected chi connectivity index (χ0v) is 11.3. The summed E-state index contributed by atoms with van der Waals surface area (Å²) in [7, 11) is 0. The number of rotatable bonds is 3. The smallest absolute Gasteiger partial charge is 0.164 e. The van der Waals surface area contributed by atoms with E-state index in [0.717, 1.165) is 12.1 Å². The molecular formula is C14H13ClF2N2O. The van der Waals surface area contributed by atoms with Crippen molar-refractivity contribution < 1.29 is 13.6 Å². The van der Waals surface area contributed by atoms with E-state index in [4.69, 9.17) is 5.26 Å². The lowest BCUT2D eigenvalue weighted by Gasteiger charge is -2.13. The van der Waals surface area contributed by atoms with Gasteiger partial charge in [0.15, 0.2) is 5.78 Å². The molecule has 20 heavy (non-hydrogen) atoms. The van der Waals surface area contributed by atoms with E-state index in [9.17, 15) is 13.6 Å². The number of halogens is 3. The van der Waals surface area contributed by atoms with Gasteiger partial charge in [0.25, 0.3) is 0 Å². The minimum Gasteiger partial charge on any atom is -0.306 e. The number of piperidine rings is 1. The van der Waals surface area contributed by atoms with Gasteiger partial charge in [-0.25, -0.2) is 8.78 Å². The first-order chi connectivity index (χ1) is 9.08. The molecule has 0 amide bonds. The lowest BCUT2D eigenvalue weighted by atomic mass is 9.93. The van der Waals surface area contributed by atoms with Crippen molar-refractivity contribution in [3.8, 4) is 6.07 Å². The molecule has 1 aromatic carbocycles. The predicted octanol–water partition coefficient (Wildman–Crippen LogP) is 2.10. The summed E-state index contributed by atoms with van der Waals surface area (Å²) in [5, 5.41) is 11.6. The van der Waals surface area contributed by atoms with Crippen LogP contribution in [0.15, 0.2) is 18.2 Å². The molecule has 1 saturated carbocycles. The summed E-state index contributed by atoms with van der Waals surface area (Å²) in [5.41, 5.74) is -0.126. The number of carbonyl (C=O) groups excluding carboxylic acids is 1. The maximum absolute atomic E-state index is 13.8. The first kappa shape index (κ1) is 14.9. The standard InChI is InChI=1S/C14H12F2N2O.ClH/c15-8-1-2-11(16)9(5-8)14-6-10(14)13(18-7-14)12(19)3-4-17;/h1-2,5,10,13,18H,3,6-7H2;1H/t10-,13?,14+;/m0./s1. The average molecular weight is 299 g/mol. The summed E-state index contributed by atoms with van der Waals surface area (Å²) >= 11 is 0. The zero-order chi connectivity index (χ0) is 13.6. The van der Waals surface area contributed by atoms with Crippen LogP contribution >= 0.6 is 12.4 Å². The van der Waals surface area contributed by atoms with Gasteiger partial charge >= 0.3 is 0 Å². The van der Waals surface area contributed by atoms with Crippen LogP contribution in [0.2, 0.25) is 0 Å². The molecule has 3 rings (SSSR count). The number of nitrogens with zero attached hydrogens (tertiary/aromatic N) is 1. The third kappa shape index (κ3) is 2.09. The first-order valence-electron chi connectivity index (χ1n) is 6.17. The molecule has 3 atom stereocenters. The highest BCUT2D eigenvalue weighted by molar-refractivity contribution is 5.87. The lowest BCUT2D eigenvalue weighted by Crippen LogP contribution is -2.34. The molecule has 6 heteroatoms. The Bertz CT molecular complexity index is 601. The summed E-state index contributed by atoms with van der Waals surface area (Å²) in [4.78, 5) is 11.8. The second-order valence-corrected chi connectivity index (χ2v) is 5.25. The molecule has 1 N–H and O–H groups in total. The highest BCUT2D eigenvalue weighted by Crippen LogP contribution is 2.59. The number of nitrogens with one attached hydrogen (secondary N) is 1. The van der Waals surface area contributed by atoms with Gasteiger partial charge in [-0.15, -0.1) is 12.4 Å². The topological polar surface area (TPSA) is 52.9 Å². The van der Waals surface area contributed by atoms with Gasteiger partial charge in [-0.3, -0.25) is 4.79 Å². The number of hydrogen-bond acceptors (Lipinski definition) is 3. The summed E-state index contributed by atoms with van der Waals surface area (Å²) in [6.07, 6.45) is 0.526. The van der Waals surface area contributed by atoms with Gasteiger partial charge in [0, 0.05) is 12.0 Å². The monoisotopic (exact) mass is 298 g/mol. The van der Waals surface area contributed by atoms with Gasteiger partial charge in [0.05, 0.1) is 18.5 Å². The van der Waals surface area contributed by atoms with E-state index in [1.165, 1.54) is 6.07 Å². The van der Waals surface area contributed by atoms with Gasteiger partial charge in [-0.05, 0) is 36.1 Å². The van der Waals surface area contributed by atoms with Gasteiger partial charge in [0.2, 0.25) is 0 Å². The number of benzene rings is 1. The minimum absolute atomic E-state index is 0. The lowest BCUT2D eigenvalue weighted by molar-refractivity contribution is -0.120. The van der Waals surface area contributed by atoms with Crippen LogP contribution in [0, 0.1) is 28.9 Å². The van der Waals surface area contributed by atoms with Crippen LogP contribution in [0.1, 0.15) is 18.4 Å². The van der Waals surface area contributed by atoms with Crippen molar-refractivity contribution >= 4 is 18.2 Å². The molecule has 1 aliphatic carbocycles. The van der Waals surface area contributed by atoms with E-state index in [1.807, 2.05) is 6.07 Å². The molecule has 0 bridgehead atoms.